The minimum atomic E-state index is -1.47. The Morgan fingerprint density at radius 3 is 2.94 bits per heavy atom. The molecule has 1 fully saturated rings. The van der Waals surface area contributed by atoms with E-state index in [2.05, 4.69) is 24.7 Å². The largest absolute Gasteiger partial charge is 0.543 e. The number of oxime groups is 1. The zero-order valence-corrected chi connectivity index (χ0v) is 19.3. The molecule has 12 nitrogen and oxygen atoms in total. The van der Waals surface area contributed by atoms with Crippen molar-refractivity contribution in [3.05, 3.63) is 46.6 Å². The number of pyridine rings is 1. The zero-order valence-electron chi connectivity index (χ0n) is 16.9. The van der Waals surface area contributed by atoms with Crippen molar-refractivity contribution >= 4 is 63.5 Å². The van der Waals surface area contributed by atoms with Gasteiger partial charge in [-0.3, -0.25) is 14.5 Å². The van der Waals surface area contributed by atoms with Crippen LogP contribution >= 0.6 is 34.9 Å². The third-order valence-electron chi connectivity index (χ3n) is 4.77. The number of nitrogens with zero attached hydrogens (tertiary/aromatic N) is 5. The van der Waals surface area contributed by atoms with Crippen molar-refractivity contribution in [3.63, 3.8) is 0 Å². The van der Waals surface area contributed by atoms with Gasteiger partial charge in [0.25, 0.3) is 11.8 Å². The van der Waals surface area contributed by atoms with Crippen molar-refractivity contribution in [2.75, 3.05) is 18.6 Å². The lowest BCUT2D eigenvalue weighted by atomic mass is 10.0. The molecular formula is C18H16ClN7O5S2. The van der Waals surface area contributed by atoms with Gasteiger partial charge < -0.3 is 25.8 Å². The summed E-state index contributed by atoms with van der Waals surface area (Å²) in [5.74, 6) is -2.55. The number of nitrogens with one attached hydrogen (secondary N) is 1. The van der Waals surface area contributed by atoms with Crippen molar-refractivity contribution in [2.24, 2.45) is 5.16 Å². The van der Waals surface area contributed by atoms with E-state index >= 15 is 0 Å². The van der Waals surface area contributed by atoms with Gasteiger partial charge >= 0.3 is 0 Å². The van der Waals surface area contributed by atoms with Crippen LogP contribution in [0.3, 0.4) is 0 Å². The van der Waals surface area contributed by atoms with E-state index < -0.39 is 29.2 Å². The molecule has 15 heteroatoms. The van der Waals surface area contributed by atoms with Gasteiger partial charge in [0.15, 0.2) is 24.1 Å². The van der Waals surface area contributed by atoms with E-state index in [4.69, 9.17) is 17.3 Å². The van der Waals surface area contributed by atoms with Crippen LogP contribution in [0.2, 0.25) is 5.02 Å². The fourth-order valence-corrected chi connectivity index (χ4v) is 5.39. The highest BCUT2D eigenvalue weighted by atomic mass is 35.5. The summed E-state index contributed by atoms with van der Waals surface area (Å²) in [6.45, 7) is 0.214. The second-order valence-corrected chi connectivity index (χ2v) is 9.20. The summed E-state index contributed by atoms with van der Waals surface area (Å²) in [5, 5.41) is 18.1. The molecule has 0 bridgehead atoms. The predicted molar refractivity (Wildman–Crippen MR) is 117 cm³/mol. The maximum absolute atomic E-state index is 12.8. The number of amides is 2. The van der Waals surface area contributed by atoms with Crippen LogP contribution in [0.1, 0.15) is 5.82 Å². The van der Waals surface area contributed by atoms with Gasteiger partial charge in [0.1, 0.15) is 23.5 Å². The van der Waals surface area contributed by atoms with Crippen LogP contribution in [-0.2, 0) is 25.8 Å². The van der Waals surface area contributed by atoms with Crippen molar-refractivity contribution < 1.29 is 28.9 Å². The number of fused-ring (bicyclic) bond motifs is 1. The quantitative estimate of drug-likeness (QED) is 0.196. The lowest BCUT2D eigenvalue weighted by molar-refractivity contribution is -0.689. The molecule has 3 N–H and O–H groups in total. The van der Waals surface area contributed by atoms with E-state index in [1.165, 1.54) is 18.9 Å². The summed E-state index contributed by atoms with van der Waals surface area (Å²) < 4.78 is 5.64. The molecule has 0 spiro atoms. The molecule has 4 rings (SSSR count). The number of anilines is 1. The molecule has 4 heterocycles. The van der Waals surface area contributed by atoms with Gasteiger partial charge in [-0.15, -0.1) is 11.8 Å². The molecule has 2 aromatic heterocycles. The van der Waals surface area contributed by atoms with E-state index in [9.17, 15) is 19.5 Å². The lowest BCUT2D eigenvalue weighted by Gasteiger charge is -2.50. The Morgan fingerprint density at radius 2 is 2.30 bits per heavy atom. The predicted octanol–water partition coefficient (Wildman–Crippen LogP) is -1.48. The fourth-order valence-electron chi connectivity index (χ4n) is 3.42. The third kappa shape index (κ3) is 4.49. The van der Waals surface area contributed by atoms with Crippen molar-refractivity contribution in [1.29, 1.82) is 0 Å². The average Bonchev–Trinajstić information content (AvgIpc) is 3.21. The molecule has 1 unspecified atom stereocenters. The summed E-state index contributed by atoms with van der Waals surface area (Å²) in [4.78, 5) is 47.2. The molecule has 0 aromatic carbocycles. The Hall–Kier alpha value is -3.23. The van der Waals surface area contributed by atoms with Gasteiger partial charge in [0.2, 0.25) is 11.5 Å². The minimum Gasteiger partial charge on any atom is -0.543 e. The zero-order chi connectivity index (χ0) is 23.7. The van der Waals surface area contributed by atoms with Gasteiger partial charge in [0, 0.05) is 28.9 Å². The first-order valence-electron chi connectivity index (χ1n) is 9.34. The first-order chi connectivity index (χ1) is 15.8. The number of rotatable bonds is 7. The van der Waals surface area contributed by atoms with E-state index in [-0.39, 0.29) is 28.9 Å². The summed E-state index contributed by atoms with van der Waals surface area (Å²) in [5.41, 5.74) is 5.58. The molecule has 33 heavy (non-hydrogen) atoms. The minimum absolute atomic E-state index is 0.0482. The first kappa shape index (κ1) is 22.9. The maximum atomic E-state index is 12.8. The molecule has 2 amide bonds. The SMILES string of the molecule is CON=C(C(=O)NC1C(=O)N2C(C(=O)[O-])=C(C[n+]3cccc(Cl)c3)CS[C@H]12)c1nsc(N)n1. The number of thioether (sulfide) groups is 1. The summed E-state index contributed by atoms with van der Waals surface area (Å²) in [6, 6.07) is 2.45. The number of carbonyl (C=O) groups is 3. The summed E-state index contributed by atoms with van der Waals surface area (Å²) in [7, 11) is 1.24. The molecule has 0 radical (unpaired) electrons. The van der Waals surface area contributed by atoms with Crippen molar-refractivity contribution in [1.82, 2.24) is 19.6 Å². The number of carboxylic acids is 1. The Balaban J connectivity index is 1.54. The highest BCUT2D eigenvalue weighted by Crippen LogP contribution is 2.40. The van der Waals surface area contributed by atoms with Crippen LogP contribution in [0.15, 0.2) is 41.0 Å². The molecule has 2 aliphatic heterocycles. The van der Waals surface area contributed by atoms with Gasteiger partial charge in [0.05, 0.1) is 11.7 Å². The number of halogens is 1. The summed E-state index contributed by atoms with van der Waals surface area (Å²) >= 11 is 8.19. The van der Waals surface area contributed by atoms with Crippen LogP contribution in [0.5, 0.6) is 0 Å². The number of aromatic nitrogens is 3. The van der Waals surface area contributed by atoms with Crippen LogP contribution in [0.4, 0.5) is 5.13 Å². The summed E-state index contributed by atoms with van der Waals surface area (Å²) in [6.07, 6.45) is 3.38. The number of β-lactam (4-membered cyclic amide) rings is 1. The molecule has 0 aliphatic carbocycles. The maximum Gasteiger partial charge on any atom is 0.278 e. The van der Waals surface area contributed by atoms with Crippen LogP contribution in [0, 0.1) is 0 Å². The van der Waals surface area contributed by atoms with Crippen LogP contribution in [-0.4, -0.2) is 62.0 Å². The Morgan fingerprint density at radius 1 is 1.52 bits per heavy atom. The van der Waals surface area contributed by atoms with Gasteiger partial charge in [-0.05, 0) is 6.07 Å². The Bertz CT molecular complexity index is 1200. The number of nitrogen functional groups attached to an aromatic ring is 1. The average molecular weight is 510 g/mol. The smallest absolute Gasteiger partial charge is 0.278 e. The molecule has 2 aliphatic rings. The third-order valence-corrected chi connectivity index (χ3v) is 6.88. The first-order valence-corrected chi connectivity index (χ1v) is 11.5. The van der Waals surface area contributed by atoms with E-state index in [1.54, 1.807) is 29.1 Å². The molecule has 2 atom stereocenters. The van der Waals surface area contributed by atoms with Crippen molar-refractivity contribution in [3.8, 4) is 0 Å². The number of nitrogens with two attached hydrogens (primary N) is 1. The second-order valence-electron chi connectivity index (χ2n) is 6.87. The van der Waals surface area contributed by atoms with Crippen LogP contribution < -0.4 is 20.7 Å². The highest BCUT2D eigenvalue weighted by molar-refractivity contribution is 8.00. The number of hydrogen-bond donors (Lipinski definition) is 2. The number of hydrogen-bond acceptors (Lipinski definition) is 11. The van der Waals surface area contributed by atoms with E-state index in [0.29, 0.717) is 16.3 Å². The monoisotopic (exact) mass is 509 g/mol. The van der Waals surface area contributed by atoms with E-state index in [0.717, 1.165) is 16.4 Å². The van der Waals surface area contributed by atoms with E-state index in [1.807, 2.05) is 0 Å². The molecular weight excluding hydrogens is 494 g/mol. The number of aliphatic carboxylic acids is 1. The number of carboxylic acid groups (broad SMARTS) is 1. The fraction of sp³-hybridized carbons (Fsp3) is 0.278. The lowest BCUT2D eigenvalue weighted by Crippen LogP contribution is -2.71. The second kappa shape index (κ2) is 9.33. The van der Waals surface area contributed by atoms with Crippen molar-refractivity contribution in [2.45, 2.75) is 18.0 Å². The number of carbonyl (C=O) groups excluding carboxylic acids is 3. The highest BCUT2D eigenvalue weighted by Gasteiger charge is 2.53. The van der Waals surface area contributed by atoms with Gasteiger partial charge in [-0.1, -0.05) is 16.8 Å². The normalized spacial score (nSPS) is 20.2. The molecule has 1 saturated heterocycles. The molecule has 0 saturated carbocycles. The Labute approximate surface area is 200 Å². The molecule has 172 valence electrons. The van der Waals surface area contributed by atoms with Gasteiger partial charge in [-0.25, -0.2) is 0 Å². The Kier molecular flexibility index (Phi) is 6.49. The molecule has 2 aromatic rings. The van der Waals surface area contributed by atoms with Crippen LogP contribution in [0.25, 0.3) is 0 Å². The van der Waals surface area contributed by atoms with Gasteiger partial charge in [-0.2, -0.15) is 13.9 Å². The topological polar surface area (TPSA) is 167 Å². The standard InChI is InChI=1S/C18H16ClN7O5S2/c1-31-23-10(13-22-18(20)33-24-13)14(27)21-11-15(28)26-12(17(29)30)8(7-32-16(11)26)5-25-4-2-3-9(19)6-25/h2-4,6,11,16H,5,7H2,1H3,(H3-,20,21,22,24,27,29,30)/t11?,16-/m1/s1.